The first-order chi connectivity index (χ1) is 15.1. The standard InChI is InChI=1S/C22H22FN5O2S/c1-2-27-19(13-20(29)24-17-9-5-4-8-16(17)23)25-26-22(27)31-14-21(30)28-12-11-15-7-3-6-10-18(15)28/h3-10H,2,11-14H2,1H3,(H,24,29). The Labute approximate surface area is 183 Å². The van der Waals surface area contributed by atoms with Crippen LogP contribution in [-0.4, -0.2) is 38.9 Å². The van der Waals surface area contributed by atoms with Gasteiger partial charge in [0, 0.05) is 18.8 Å². The molecule has 1 aliphatic heterocycles. The Balaban J connectivity index is 1.39. The number of rotatable bonds is 7. The monoisotopic (exact) mass is 439 g/mol. The molecule has 1 aliphatic rings. The van der Waals surface area contributed by atoms with Crippen LogP contribution in [0.1, 0.15) is 18.3 Å². The van der Waals surface area contributed by atoms with Gasteiger partial charge in [-0.15, -0.1) is 10.2 Å². The van der Waals surface area contributed by atoms with E-state index in [0.717, 1.165) is 12.1 Å². The highest BCUT2D eigenvalue weighted by molar-refractivity contribution is 7.99. The molecule has 2 aromatic carbocycles. The van der Waals surface area contributed by atoms with E-state index in [1.54, 1.807) is 21.6 Å². The number of fused-ring (bicyclic) bond motifs is 1. The van der Waals surface area contributed by atoms with E-state index in [0.29, 0.717) is 24.1 Å². The number of carbonyl (C=O) groups excluding carboxylic acids is 2. The molecule has 3 aromatic rings. The number of hydrogen-bond donors (Lipinski definition) is 1. The Morgan fingerprint density at radius 2 is 1.90 bits per heavy atom. The van der Waals surface area contributed by atoms with Gasteiger partial charge < -0.3 is 14.8 Å². The highest BCUT2D eigenvalue weighted by Gasteiger charge is 2.25. The normalized spacial score (nSPS) is 12.6. The van der Waals surface area contributed by atoms with Crippen LogP contribution in [0.4, 0.5) is 15.8 Å². The zero-order valence-electron chi connectivity index (χ0n) is 17.0. The lowest BCUT2D eigenvalue weighted by atomic mass is 10.2. The minimum Gasteiger partial charge on any atom is -0.323 e. The van der Waals surface area contributed by atoms with Gasteiger partial charge in [0.1, 0.15) is 11.6 Å². The van der Waals surface area contributed by atoms with Gasteiger partial charge in [-0.2, -0.15) is 0 Å². The summed E-state index contributed by atoms with van der Waals surface area (Å²) in [5.74, 6) is -0.162. The number of nitrogens with one attached hydrogen (secondary N) is 1. The van der Waals surface area contributed by atoms with E-state index < -0.39 is 5.82 Å². The third-order valence-corrected chi connectivity index (χ3v) is 6.04. The molecule has 0 spiro atoms. The average Bonchev–Trinajstić information content (AvgIpc) is 3.37. The van der Waals surface area contributed by atoms with E-state index in [1.807, 2.05) is 31.2 Å². The number of aromatic nitrogens is 3. The molecule has 0 fully saturated rings. The van der Waals surface area contributed by atoms with Gasteiger partial charge in [-0.25, -0.2) is 4.39 Å². The van der Waals surface area contributed by atoms with E-state index >= 15 is 0 Å². The van der Waals surface area contributed by atoms with Crippen molar-refractivity contribution in [2.24, 2.45) is 0 Å². The molecule has 0 unspecified atom stereocenters. The molecule has 0 aliphatic carbocycles. The quantitative estimate of drug-likeness (QED) is 0.572. The lowest BCUT2D eigenvalue weighted by molar-refractivity contribution is -0.116. The van der Waals surface area contributed by atoms with E-state index in [2.05, 4.69) is 15.5 Å². The van der Waals surface area contributed by atoms with Crippen molar-refractivity contribution in [3.8, 4) is 0 Å². The average molecular weight is 440 g/mol. The molecule has 0 saturated heterocycles. The lowest BCUT2D eigenvalue weighted by Gasteiger charge is -2.17. The molecule has 1 N–H and O–H groups in total. The van der Waals surface area contributed by atoms with Crippen LogP contribution in [0.5, 0.6) is 0 Å². The zero-order valence-corrected chi connectivity index (χ0v) is 17.9. The first-order valence-corrected chi connectivity index (χ1v) is 11.0. The van der Waals surface area contributed by atoms with Gasteiger partial charge >= 0.3 is 0 Å². The zero-order chi connectivity index (χ0) is 21.8. The minimum atomic E-state index is -0.494. The van der Waals surface area contributed by atoms with E-state index in [4.69, 9.17) is 0 Å². The summed E-state index contributed by atoms with van der Waals surface area (Å²) in [4.78, 5) is 26.9. The summed E-state index contributed by atoms with van der Waals surface area (Å²) in [5.41, 5.74) is 2.28. The Morgan fingerprint density at radius 3 is 2.71 bits per heavy atom. The fourth-order valence-electron chi connectivity index (χ4n) is 3.58. The number of thioether (sulfide) groups is 1. The number of benzene rings is 2. The summed E-state index contributed by atoms with van der Waals surface area (Å²) in [7, 11) is 0. The van der Waals surface area contributed by atoms with Crippen LogP contribution in [0.2, 0.25) is 0 Å². The van der Waals surface area contributed by atoms with Crippen LogP contribution in [0.25, 0.3) is 0 Å². The van der Waals surface area contributed by atoms with Crippen molar-refractivity contribution in [1.82, 2.24) is 14.8 Å². The molecule has 9 heteroatoms. The summed E-state index contributed by atoms with van der Waals surface area (Å²) < 4.78 is 15.6. The smallest absolute Gasteiger partial charge is 0.237 e. The number of amides is 2. The summed E-state index contributed by atoms with van der Waals surface area (Å²) in [6.07, 6.45) is 0.822. The molecule has 0 bridgehead atoms. The Bertz CT molecular complexity index is 1120. The maximum Gasteiger partial charge on any atom is 0.237 e. The number of hydrogen-bond acceptors (Lipinski definition) is 5. The topological polar surface area (TPSA) is 80.1 Å². The van der Waals surface area contributed by atoms with Crippen molar-refractivity contribution >= 4 is 35.0 Å². The molecule has 7 nitrogen and oxygen atoms in total. The van der Waals surface area contributed by atoms with Crippen molar-refractivity contribution in [2.75, 3.05) is 22.5 Å². The van der Waals surface area contributed by atoms with Crippen LogP contribution in [0.15, 0.2) is 53.7 Å². The summed E-state index contributed by atoms with van der Waals surface area (Å²) in [6, 6.07) is 13.9. The number of nitrogens with zero attached hydrogens (tertiary/aromatic N) is 4. The second-order valence-corrected chi connectivity index (χ2v) is 8.00. The van der Waals surface area contributed by atoms with Crippen LogP contribution in [0, 0.1) is 5.82 Å². The fraction of sp³-hybridized carbons (Fsp3) is 0.273. The second kappa shape index (κ2) is 9.30. The molecule has 0 atom stereocenters. The van der Waals surface area contributed by atoms with E-state index in [1.165, 1.54) is 29.5 Å². The van der Waals surface area contributed by atoms with Crippen molar-refractivity contribution in [3.05, 3.63) is 65.7 Å². The van der Waals surface area contributed by atoms with Crippen LogP contribution >= 0.6 is 11.8 Å². The number of halogens is 1. The SMILES string of the molecule is CCn1c(CC(=O)Nc2ccccc2F)nnc1SCC(=O)N1CCc2ccccc21. The van der Waals surface area contributed by atoms with Crippen LogP contribution in [-0.2, 0) is 29.0 Å². The largest absolute Gasteiger partial charge is 0.323 e. The van der Waals surface area contributed by atoms with Crippen molar-refractivity contribution in [2.45, 2.75) is 31.5 Å². The van der Waals surface area contributed by atoms with Gasteiger partial charge in [0.05, 0.1) is 17.9 Å². The van der Waals surface area contributed by atoms with Crippen LogP contribution < -0.4 is 10.2 Å². The summed E-state index contributed by atoms with van der Waals surface area (Å²) in [6.45, 7) is 3.16. The lowest BCUT2D eigenvalue weighted by Crippen LogP contribution is -2.30. The van der Waals surface area contributed by atoms with Gasteiger partial charge in [-0.1, -0.05) is 42.1 Å². The first kappa shape index (κ1) is 21.0. The Kier molecular flexibility index (Phi) is 6.31. The maximum atomic E-state index is 13.7. The molecular weight excluding hydrogens is 417 g/mol. The third-order valence-electron chi connectivity index (χ3n) is 5.09. The molecule has 4 rings (SSSR count). The molecule has 2 amide bonds. The molecule has 160 valence electrons. The third kappa shape index (κ3) is 4.61. The highest BCUT2D eigenvalue weighted by atomic mass is 32.2. The van der Waals surface area contributed by atoms with Gasteiger partial charge in [0.25, 0.3) is 0 Å². The predicted molar refractivity (Wildman–Crippen MR) is 118 cm³/mol. The van der Waals surface area contributed by atoms with Crippen molar-refractivity contribution < 1.29 is 14.0 Å². The molecule has 1 aromatic heterocycles. The first-order valence-electron chi connectivity index (χ1n) is 10.0. The Hall–Kier alpha value is -3.20. The summed E-state index contributed by atoms with van der Waals surface area (Å²) in [5, 5.41) is 11.4. The number of carbonyl (C=O) groups is 2. The number of anilines is 2. The predicted octanol–water partition coefficient (Wildman–Crippen LogP) is 3.30. The minimum absolute atomic E-state index is 0.0134. The molecule has 2 heterocycles. The van der Waals surface area contributed by atoms with E-state index in [-0.39, 0.29) is 29.7 Å². The molecule has 0 saturated carbocycles. The second-order valence-electron chi connectivity index (χ2n) is 7.06. The molecular formula is C22H22FN5O2S. The molecule has 31 heavy (non-hydrogen) atoms. The fourth-order valence-corrected chi connectivity index (χ4v) is 4.47. The molecule has 0 radical (unpaired) electrons. The van der Waals surface area contributed by atoms with Gasteiger partial charge in [-0.05, 0) is 37.1 Å². The van der Waals surface area contributed by atoms with Gasteiger partial charge in [0.2, 0.25) is 11.8 Å². The van der Waals surface area contributed by atoms with Crippen LogP contribution in [0.3, 0.4) is 0 Å². The Morgan fingerprint density at radius 1 is 1.13 bits per heavy atom. The van der Waals surface area contributed by atoms with E-state index in [9.17, 15) is 14.0 Å². The summed E-state index contributed by atoms with van der Waals surface area (Å²) >= 11 is 1.30. The van der Waals surface area contributed by atoms with Gasteiger partial charge in [-0.3, -0.25) is 9.59 Å². The van der Waals surface area contributed by atoms with Crippen molar-refractivity contribution in [1.29, 1.82) is 0 Å². The number of para-hydroxylation sites is 2. The van der Waals surface area contributed by atoms with Crippen molar-refractivity contribution in [3.63, 3.8) is 0 Å². The highest BCUT2D eigenvalue weighted by Crippen LogP contribution is 2.28. The maximum absolute atomic E-state index is 13.7. The van der Waals surface area contributed by atoms with Gasteiger partial charge in [0.15, 0.2) is 5.16 Å².